The first-order chi connectivity index (χ1) is 12.5. The first kappa shape index (κ1) is 18.6. The number of thiophene rings is 1. The minimum Gasteiger partial charge on any atom is -0.466 e. The first-order valence-electron chi connectivity index (χ1n) is 7.76. The van der Waals surface area contributed by atoms with Gasteiger partial charge in [0.15, 0.2) is 5.13 Å². The molecule has 0 atom stereocenters. The zero-order chi connectivity index (χ0) is 18.6. The van der Waals surface area contributed by atoms with Gasteiger partial charge in [-0.15, -0.1) is 11.3 Å². The van der Waals surface area contributed by atoms with Gasteiger partial charge in [-0.2, -0.15) is 0 Å². The second kappa shape index (κ2) is 7.98. The van der Waals surface area contributed by atoms with Crippen molar-refractivity contribution >= 4 is 43.8 Å². The fraction of sp³-hybridized carbons (Fsp3) is 0.176. The molecular weight excluding hydrogens is 392 g/mol. The van der Waals surface area contributed by atoms with Gasteiger partial charge in [0, 0.05) is 10.4 Å². The van der Waals surface area contributed by atoms with Gasteiger partial charge in [-0.05, 0) is 18.4 Å². The molecule has 0 aliphatic rings. The normalized spacial score (nSPS) is 11.3. The molecule has 2 heterocycles. The summed E-state index contributed by atoms with van der Waals surface area (Å²) in [5.74, 6) is -0.374. The Kier molecular flexibility index (Phi) is 5.70. The fourth-order valence-corrected chi connectivity index (χ4v) is 5.46. The highest BCUT2D eigenvalue weighted by atomic mass is 32.2. The molecule has 2 aromatic heterocycles. The summed E-state index contributed by atoms with van der Waals surface area (Å²) in [6.07, 6.45) is 0.0382. The number of thiazole rings is 1. The zero-order valence-corrected chi connectivity index (χ0v) is 16.3. The second-order valence-corrected chi connectivity index (χ2v) is 9.12. The number of carbonyl (C=O) groups excluding carboxylic acids is 1. The SMILES string of the molecule is CCOC(=O)Cc1sc(NS(=O)(=O)c2cccs2)nc1-c1ccccc1. The molecule has 0 aliphatic carbocycles. The summed E-state index contributed by atoms with van der Waals surface area (Å²) in [6.45, 7) is 2.03. The molecule has 9 heteroatoms. The third kappa shape index (κ3) is 4.29. The van der Waals surface area contributed by atoms with Crippen molar-refractivity contribution in [3.8, 4) is 11.3 Å². The molecule has 0 bridgehead atoms. The lowest BCUT2D eigenvalue weighted by atomic mass is 10.1. The molecule has 0 spiro atoms. The molecule has 0 saturated heterocycles. The average molecular weight is 409 g/mol. The molecule has 26 heavy (non-hydrogen) atoms. The summed E-state index contributed by atoms with van der Waals surface area (Å²) in [5.41, 5.74) is 1.39. The molecule has 0 aliphatic heterocycles. The van der Waals surface area contributed by atoms with Crippen molar-refractivity contribution < 1.29 is 17.9 Å². The molecule has 0 unspecified atom stereocenters. The van der Waals surface area contributed by atoms with Crippen LogP contribution in [0.2, 0.25) is 0 Å². The number of hydrogen-bond acceptors (Lipinski definition) is 7. The highest BCUT2D eigenvalue weighted by molar-refractivity contribution is 7.94. The number of benzene rings is 1. The van der Waals surface area contributed by atoms with Crippen LogP contribution < -0.4 is 4.72 Å². The van der Waals surface area contributed by atoms with Crippen LogP contribution in [0.3, 0.4) is 0 Å². The van der Waals surface area contributed by atoms with Crippen LogP contribution in [0.4, 0.5) is 5.13 Å². The Morgan fingerprint density at radius 1 is 1.19 bits per heavy atom. The van der Waals surface area contributed by atoms with Crippen LogP contribution in [0, 0.1) is 0 Å². The van der Waals surface area contributed by atoms with E-state index in [1.54, 1.807) is 18.4 Å². The number of nitrogens with one attached hydrogen (secondary N) is 1. The van der Waals surface area contributed by atoms with Gasteiger partial charge in [0.05, 0.1) is 18.7 Å². The molecule has 0 amide bonds. The van der Waals surface area contributed by atoms with Crippen molar-refractivity contribution in [2.45, 2.75) is 17.6 Å². The Bertz CT molecular complexity index is 980. The standard InChI is InChI=1S/C17H16N2O4S3/c1-2-23-14(20)11-13-16(12-7-4-3-5-8-12)18-17(25-13)19-26(21,22)15-9-6-10-24-15/h3-10H,2,11H2,1H3,(H,18,19). The molecule has 136 valence electrons. The van der Waals surface area contributed by atoms with E-state index in [0.29, 0.717) is 10.6 Å². The number of carbonyl (C=O) groups is 1. The summed E-state index contributed by atoms with van der Waals surface area (Å²) in [7, 11) is -3.69. The number of aromatic nitrogens is 1. The third-order valence-corrected chi connectivity index (χ3v) is 7.17. The Morgan fingerprint density at radius 2 is 1.96 bits per heavy atom. The lowest BCUT2D eigenvalue weighted by Gasteiger charge is -2.02. The van der Waals surface area contributed by atoms with Crippen molar-refractivity contribution in [3.63, 3.8) is 0 Å². The number of esters is 1. The third-order valence-electron chi connectivity index (χ3n) is 3.34. The van der Waals surface area contributed by atoms with Gasteiger partial charge in [-0.3, -0.25) is 9.52 Å². The quantitative estimate of drug-likeness (QED) is 0.602. The van der Waals surface area contributed by atoms with Crippen LogP contribution in [0.15, 0.2) is 52.1 Å². The molecule has 0 saturated carbocycles. The van der Waals surface area contributed by atoms with Gasteiger partial charge >= 0.3 is 5.97 Å². The van der Waals surface area contributed by atoms with Gasteiger partial charge in [-0.1, -0.05) is 47.7 Å². The topological polar surface area (TPSA) is 85.4 Å². The molecule has 3 aromatic rings. The highest BCUT2D eigenvalue weighted by Gasteiger charge is 2.21. The van der Waals surface area contributed by atoms with Crippen molar-refractivity contribution in [3.05, 3.63) is 52.7 Å². The molecule has 0 radical (unpaired) electrons. The van der Waals surface area contributed by atoms with E-state index >= 15 is 0 Å². The number of sulfonamides is 1. The van der Waals surface area contributed by atoms with Gasteiger partial charge in [0.1, 0.15) is 4.21 Å². The van der Waals surface area contributed by atoms with Gasteiger partial charge in [0.25, 0.3) is 10.0 Å². The van der Waals surface area contributed by atoms with Crippen LogP contribution in [-0.2, 0) is 26.0 Å². The van der Waals surface area contributed by atoms with Crippen molar-refractivity contribution in [2.75, 3.05) is 11.3 Å². The maximum Gasteiger partial charge on any atom is 0.311 e. The van der Waals surface area contributed by atoms with Crippen molar-refractivity contribution in [1.82, 2.24) is 4.98 Å². The number of nitrogens with zero attached hydrogens (tertiary/aromatic N) is 1. The van der Waals surface area contributed by atoms with Crippen LogP contribution in [0.25, 0.3) is 11.3 Å². The smallest absolute Gasteiger partial charge is 0.311 e. The monoisotopic (exact) mass is 408 g/mol. The van der Waals surface area contributed by atoms with Crippen LogP contribution in [0.5, 0.6) is 0 Å². The second-order valence-electron chi connectivity index (χ2n) is 5.18. The number of hydrogen-bond donors (Lipinski definition) is 1. The molecule has 0 fully saturated rings. The lowest BCUT2D eigenvalue weighted by molar-refractivity contribution is -0.142. The Balaban J connectivity index is 1.94. The van der Waals surface area contributed by atoms with E-state index < -0.39 is 10.0 Å². The van der Waals surface area contributed by atoms with E-state index in [2.05, 4.69) is 9.71 Å². The van der Waals surface area contributed by atoms with Crippen molar-refractivity contribution in [2.24, 2.45) is 0 Å². The van der Waals surface area contributed by atoms with Gasteiger partial charge in [0.2, 0.25) is 0 Å². The van der Waals surface area contributed by atoms with Crippen LogP contribution in [0.1, 0.15) is 11.8 Å². The summed E-state index contributed by atoms with van der Waals surface area (Å²) >= 11 is 2.26. The average Bonchev–Trinajstić information content (AvgIpc) is 3.26. The molecule has 6 nitrogen and oxygen atoms in total. The summed E-state index contributed by atoms with van der Waals surface area (Å²) in [6, 6.07) is 12.5. The van der Waals surface area contributed by atoms with Gasteiger partial charge in [-0.25, -0.2) is 13.4 Å². The van der Waals surface area contributed by atoms with E-state index in [-0.39, 0.29) is 28.3 Å². The minimum atomic E-state index is -3.69. The number of ether oxygens (including phenoxy) is 1. The van der Waals surface area contributed by atoms with Crippen molar-refractivity contribution in [1.29, 1.82) is 0 Å². The Labute approximate surface area is 159 Å². The summed E-state index contributed by atoms with van der Waals surface area (Å²) in [4.78, 5) is 17.0. The van der Waals surface area contributed by atoms with E-state index in [0.717, 1.165) is 28.2 Å². The molecule has 1 aromatic carbocycles. The van der Waals surface area contributed by atoms with Crippen LogP contribution in [-0.4, -0.2) is 26.0 Å². The Morgan fingerprint density at radius 3 is 2.62 bits per heavy atom. The largest absolute Gasteiger partial charge is 0.466 e. The number of rotatable bonds is 7. The van der Waals surface area contributed by atoms with Crippen LogP contribution >= 0.6 is 22.7 Å². The maximum absolute atomic E-state index is 12.4. The van der Waals surface area contributed by atoms with Gasteiger partial charge < -0.3 is 4.74 Å². The van der Waals surface area contributed by atoms with E-state index in [4.69, 9.17) is 4.74 Å². The molecular formula is C17H16N2O4S3. The number of anilines is 1. The Hall–Kier alpha value is -2.23. The minimum absolute atomic E-state index is 0.0382. The maximum atomic E-state index is 12.4. The summed E-state index contributed by atoms with van der Waals surface area (Å²) in [5, 5.41) is 1.91. The van der Waals surface area contributed by atoms with E-state index in [1.165, 1.54) is 6.07 Å². The van der Waals surface area contributed by atoms with E-state index in [9.17, 15) is 13.2 Å². The highest BCUT2D eigenvalue weighted by Crippen LogP contribution is 2.33. The predicted molar refractivity (Wildman–Crippen MR) is 103 cm³/mol. The first-order valence-corrected chi connectivity index (χ1v) is 10.9. The zero-order valence-electron chi connectivity index (χ0n) is 13.8. The molecule has 3 rings (SSSR count). The fourth-order valence-electron chi connectivity index (χ4n) is 2.26. The predicted octanol–water partition coefficient (Wildman–Crippen LogP) is 3.78. The lowest BCUT2D eigenvalue weighted by Crippen LogP contribution is -2.11. The van der Waals surface area contributed by atoms with E-state index in [1.807, 2.05) is 30.3 Å². The summed E-state index contributed by atoms with van der Waals surface area (Å²) < 4.78 is 32.5. The molecule has 1 N–H and O–H groups in total.